The lowest BCUT2D eigenvalue weighted by atomic mass is 9.45. The monoisotopic (exact) mass is 460 g/mol. The predicted molar refractivity (Wildman–Crippen MR) is 107 cm³/mol. The first-order valence-corrected chi connectivity index (χ1v) is 11.2. The van der Waals surface area contributed by atoms with Gasteiger partial charge < -0.3 is 19.7 Å². The van der Waals surface area contributed by atoms with Gasteiger partial charge in [-0.15, -0.1) is 0 Å². The van der Waals surface area contributed by atoms with Crippen LogP contribution in [0.4, 0.5) is 0 Å². The quantitative estimate of drug-likeness (QED) is 0.496. The predicted octanol–water partition coefficient (Wildman–Crippen LogP) is 2.68. The Balaban J connectivity index is 2.05. The van der Waals surface area contributed by atoms with E-state index in [1.165, 1.54) is 14.0 Å². The Hall–Kier alpha value is -0.660. The molecule has 2 N–H and O–H groups in total. The summed E-state index contributed by atoms with van der Waals surface area (Å²) in [4.78, 5) is 24.3. The molecule has 3 rings (SSSR count). The first kappa shape index (κ1) is 22.0. The van der Waals surface area contributed by atoms with Crippen LogP contribution in [0.3, 0.4) is 0 Å². The second-order valence-electron chi connectivity index (χ2n) is 9.69. The van der Waals surface area contributed by atoms with Crippen molar-refractivity contribution in [3.8, 4) is 0 Å². The number of esters is 2. The fourth-order valence-corrected chi connectivity index (χ4v) is 7.94. The van der Waals surface area contributed by atoms with Crippen molar-refractivity contribution in [3.05, 3.63) is 0 Å². The third-order valence-corrected chi connectivity index (χ3v) is 9.02. The van der Waals surface area contributed by atoms with Gasteiger partial charge in [-0.2, -0.15) is 0 Å². The van der Waals surface area contributed by atoms with Crippen LogP contribution in [-0.4, -0.2) is 52.9 Å². The summed E-state index contributed by atoms with van der Waals surface area (Å²) in [6, 6.07) is 0. The van der Waals surface area contributed by atoms with Crippen LogP contribution >= 0.6 is 15.9 Å². The number of methoxy groups -OCH3 is 1. The van der Waals surface area contributed by atoms with Crippen LogP contribution in [0.25, 0.3) is 0 Å². The van der Waals surface area contributed by atoms with Gasteiger partial charge in [-0.1, -0.05) is 29.8 Å². The van der Waals surface area contributed by atoms with E-state index in [0.717, 1.165) is 25.7 Å². The molecule has 0 aromatic heterocycles. The molecule has 6 nitrogen and oxygen atoms in total. The maximum atomic E-state index is 12.6. The van der Waals surface area contributed by atoms with E-state index in [0.29, 0.717) is 6.42 Å². The molecular formula is C21H33BrO6. The molecule has 3 fully saturated rings. The van der Waals surface area contributed by atoms with Crippen molar-refractivity contribution in [2.75, 3.05) is 13.7 Å². The number of carbonyl (C=O) groups excluding carboxylic acids is 2. The van der Waals surface area contributed by atoms with E-state index in [-0.39, 0.29) is 46.0 Å². The molecule has 7 heteroatoms. The average molecular weight is 461 g/mol. The molecule has 160 valence electrons. The summed E-state index contributed by atoms with van der Waals surface area (Å²) in [5, 5.41) is 20.6. The normalized spacial score (nSPS) is 48.2. The number of fused-ring (bicyclic) bond motifs is 3. The topological polar surface area (TPSA) is 93.1 Å². The van der Waals surface area contributed by atoms with Crippen molar-refractivity contribution in [3.63, 3.8) is 0 Å². The first-order valence-electron chi connectivity index (χ1n) is 10.3. The van der Waals surface area contributed by atoms with E-state index in [1.807, 2.05) is 0 Å². The molecule has 0 aliphatic heterocycles. The van der Waals surface area contributed by atoms with Crippen molar-refractivity contribution in [1.29, 1.82) is 0 Å². The van der Waals surface area contributed by atoms with Crippen LogP contribution in [0, 0.1) is 34.5 Å². The molecule has 9 atom stereocenters. The van der Waals surface area contributed by atoms with E-state index in [4.69, 9.17) is 9.47 Å². The molecule has 3 saturated carbocycles. The average Bonchev–Trinajstić information content (AvgIpc) is 2.65. The largest absolute Gasteiger partial charge is 0.469 e. The van der Waals surface area contributed by atoms with Crippen molar-refractivity contribution in [1.82, 2.24) is 0 Å². The summed E-state index contributed by atoms with van der Waals surface area (Å²) in [5.41, 5.74) is -0.365. The molecule has 0 heterocycles. The van der Waals surface area contributed by atoms with Crippen LogP contribution < -0.4 is 0 Å². The van der Waals surface area contributed by atoms with Crippen molar-refractivity contribution >= 4 is 27.9 Å². The number of aliphatic hydroxyl groups is 2. The SMILES string of the molecule is COC(=O)[C@H]1[C@@H]2[C@@H](Br)[C@H](OC(C)=O)[C@@H]3C[C@](C)(CO)CC[C@H]3[C@@]2(C)CC[C@@H]1O. The zero-order valence-electron chi connectivity index (χ0n) is 17.2. The Bertz CT molecular complexity index is 626. The third-order valence-electron chi connectivity index (χ3n) is 7.93. The minimum Gasteiger partial charge on any atom is -0.469 e. The lowest BCUT2D eigenvalue weighted by Gasteiger charge is -2.63. The molecule has 0 amide bonds. The molecule has 0 spiro atoms. The van der Waals surface area contributed by atoms with E-state index in [1.54, 1.807) is 0 Å². The van der Waals surface area contributed by atoms with E-state index in [2.05, 4.69) is 29.8 Å². The highest BCUT2D eigenvalue weighted by atomic mass is 79.9. The summed E-state index contributed by atoms with van der Waals surface area (Å²) >= 11 is 3.79. The van der Waals surface area contributed by atoms with Gasteiger partial charge in [0, 0.05) is 19.4 Å². The molecule has 0 radical (unpaired) electrons. The lowest BCUT2D eigenvalue weighted by Crippen LogP contribution is -2.65. The second kappa shape index (κ2) is 7.88. The number of halogens is 1. The summed E-state index contributed by atoms with van der Waals surface area (Å²) in [7, 11) is 1.35. The Morgan fingerprint density at radius 3 is 2.46 bits per heavy atom. The van der Waals surface area contributed by atoms with Gasteiger partial charge in [-0.05, 0) is 54.8 Å². The van der Waals surface area contributed by atoms with Gasteiger partial charge in [0.05, 0.1) is 24.0 Å². The number of alkyl halides is 1. The Kier molecular flexibility index (Phi) is 6.20. The van der Waals surface area contributed by atoms with Gasteiger partial charge >= 0.3 is 11.9 Å². The number of carbonyl (C=O) groups is 2. The van der Waals surface area contributed by atoms with Gasteiger partial charge in [-0.25, -0.2) is 0 Å². The summed E-state index contributed by atoms with van der Waals surface area (Å²) in [5.74, 6) is -1.21. The van der Waals surface area contributed by atoms with Crippen LogP contribution in [0.15, 0.2) is 0 Å². The number of rotatable bonds is 3. The fraction of sp³-hybridized carbons (Fsp3) is 0.905. The zero-order chi connectivity index (χ0) is 20.9. The first-order chi connectivity index (χ1) is 13.1. The van der Waals surface area contributed by atoms with Crippen LogP contribution in [-0.2, 0) is 19.1 Å². The number of hydrogen-bond acceptors (Lipinski definition) is 6. The maximum absolute atomic E-state index is 12.6. The molecule has 28 heavy (non-hydrogen) atoms. The third kappa shape index (κ3) is 3.52. The molecule has 3 aliphatic rings. The highest BCUT2D eigenvalue weighted by Gasteiger charge is 2.64. The van der Waals surface area contributed by atoms with Gasteiger partial charge in [-0.3, -0.25) is 9.59 Å². The van der Waals surface area contributed by atoms with E-state index < -0.39 is 24.1 Å². The Morgan fingerprint density at radius 1 is 1.21 bits per heavy atom. The Labute approximate surface area is 175 Å². The maximum Gasteiger partial charge on any atom is 0.311 e. The standard InChI is InChI=1S/C21H33BrO6/c1-11(24)28-18-12-9-20(2,10-23)7-5-13(12)21(3)8-6-14(25)15(19(26)27-4)16(21)17(18)22/h12-18,23,25H,5-10H2,1-4H3/t12-,13-,14+,15-,16-,17-,18-,20-,21-/m1/s1. The highest BCUT2D eigenvalue weighted by Crippen LogP contribution is 2.64. The number of aliphatic hydroxyl groups excluding tert-OH is 2. The Morgan fingerprint density at radius 2 is 1.89 bits per heavy atom. The molecule has 0 saturated heterocycles. The van der Waals surface area contributed by atoms with E-state index in [9.17, 15) is 19.8 Å². The van der Waals surface area contributed by atoms with Crippen molar-refractivity contribution in [2.45, 2.75) is 69.9 Å². The minimum absolute atomic E-state index is 0.106. The molecule has 0 unspecified atom stereocenters. The zero-order valence-corrected chi connectivity index (χ0v) is 18.8. The fourth-order valence-electron chi connectivity index (χ4n) is 6.51. The van der Waals surface area contributed by atoms with E-state index >= 15 is 0 Å². The van der Waals surface area contributed by atoms with Crippen LogP contribution in [0.5, 0.6) is 0 Å². The molecule has 0 aromatic rings. The van der Waals surface area contributed by atoms with Gasteiger partial charge in [0.2, 0.25) is 0 Å². The van der Waals surface area contributed by atoms with Crippen LogP contribution in [0.1, 0.15) is 52.9 Å². The molecule has 0 aromatic carbocycles. The molecule has 3 aliphatic carbocycles. The summed E-state index contributed by atoms with van der Waals surface area (Å²) < 4.78 is 10.8. The van der Waals surface area contributed by atoms with Gasteiger partial charge in [0.1, 0.15) is 6.10 Å². The highest BCUT2D eigenvalue weighted by molar-refractivity contribution is 9.09. The van der Waals surface area contributed by atoms with Crippen molar-refractivity contribution in [2.24, 2.45) is 34.5 Å². The number of ether oxygens (including phenoxy) is 2. The van der Waals surface area contributed by atoms with Gasteiger partial charge in [0.15, 0.2) is 0 Å². The summed E-state index contributed by atoms with van der Waals surface area (Å²) in [6.45, 7) is 5.83. The molecular weight excluding hydrogens is 428 g/mol. The molecule has 0 bridgehead atoms. The summed E-state index contributed by atoms with van der Waals surface area (Å²) in [6.07, 6.45) is 2.82. The smallest absolute Gasteiger partial charge is 0.311 e. The number of hydrogen-bond donors (Lipinski definition) is 2. The minimum atomic E-state index is -0.758. The van der Waals surface area contributed by atoms with Crippen LogP contribution in [0.2, 0.25) is 0 Å². The van der Waals surface area contributed by atoms with Crippen molar-refractivity contribution < 1.29 is 29.3 Å². The lowest BCUT2D eigenvalue weighted by molar-refractivity contribution is -0.196. The second-order valence-corrected chi connectivity index (χ2v) is 10.7. The van der Waals surface area contributed by atoms with Gasteiger partial charge in [0.25, 0.3) is 0 Å².